The Balaban J connectivity index is 1.99. The molecular weight excluding hydrogens is 384 g/mol. The standard InChI is InChI=1S/C24H44O6/c1-17-8-9-19-22(2,3)10-7-11-24(19,5)21(17)18(25)14-23(4,27)15-20(26)30-16-29-13-12-28-6/h8,18-21,25-27H,7,9-16H2,1-6H3/t18-,19-,20?,21-,23+,24-/m1/s1. The second kappa shape index (κ2) is 10.4. The molecule has 1 fully saturated rings. The summed E-state index contributed by atoms with van der Waals surface area (Å²) < 4.78 is 15.3. The molecule has 1 unspecified atom stereocenters. The summed E-state index contributed by atoms with van der Waals surface area (Å²) in [7, 11) is 1.59. The molecule has 6 atom stereocenters. The van der Waals surface area contributed by atoms with Crippen LogP contribution in [0, 0.1) is 22.7 Å². The summed E-state index contributed by atoms with van der Waals surface area (Å²) in [4.78, 5) is 0. The Kier molecular flexibility index (Phi) is 8.94. The van der Waals surface area contributed by atoms with E-state index in [-0.39, 0.29) is 36.4 Å². The van der Waals surface area contributed by atoms with Gasteiger partial charge in [0.2, 0.25) is 0 Å². The van der Waals surface area contributed by atoms with Crippen LogP contribution in [0.25, 0.3) is 0 Å². The van der Waals surface area contributed by atoms with Crippen LogP contribution in [0.2, 0.25) is 0 Å². The molecule has 0 aromatic carbocycles. The Bertz CT molecular complexity index is 572. The molecule has 0 bridgehead atoms. The number of aliphatic hydroxyl groups is 3. The van der Waals surface area contributed by atoms with E-state index in [1.54, 1.807) is 14.0 Å². The van der Waals surface area contributed by atoms with Crippen molar-refractivity contribution in [3.8, 4) is 0 Å². The number of fused-ring (bicyclic) bond motifs is 1. The summed E-state index contributed by atoms with van der Waals surface area (Å²) in [6.45, 7) is 11.6. The Labute approximate surface area is 182 Å². The fraction of sp³-hybridized carbons (Fsp3) is 0.917. The zero-order valence-corrected chi connectivity index (χ0v) is 19.8. The molecule has 30 heavy (non-hydrogen) atoms. The van der Waals surface area contributed by atoms with Crippen molar-refractivity contribution in [2.24, 2.45) is 22.7 Å². The van der Waals surface area contributed by atoms with Gasteiger partial charge in [0, 0.05) is 25.9 Å². The Morgan fingerprint density at radius 1 is 1.17 bits per heavy atom. The number of methoxy groups -OCH3 is 1. The van der Waals surface area contributed by atoms with Gasteiger partial charge in [-0.05, 0) is 49.9 Å². The monoisotopic (exact) mass is 428 g/mol. The van der Waals surface area contributed by atoms with Crippen molar-refractivity contribution >= 4 is 0 Å². The van der Waals surface area contributed by atoms with Crippen LogP contribution in [-0.2, 0) is 14.2 Å². The van der Waals surface area contributed by atoms with Crippen LogP contribution in [0.15, 0.2) is 11.6 Å². The van der Waals surface area contributed by atoms with E-state index in [9.17, 15) is 15.3 Å². The van der Waals surface area contributed by atoms with Crippen molar-refractivity contribution < 1.29 is 29.5 Å². The minimum Gasteiger partial charge on any atom is -0.392 e. The second-order valence-corrected chi connectivity index (χ2v) is 10.7. The maximum Gasteiger partial charge on any atom is 0.160 e. The van der Waals surface area contributed by atoms with Crippen LogP contribution in [-0.4, -0.2) is 60.4 Å². The van der Waals surface area contributed by atoms with E-state index in [1.165, 1.54) is 18.4 Å². The zero-order chi connectivity index (χ0) is 22.6. The minimum atomic E-state index is -1.25. The van der Waals surface area contributed by atoms with Crippen LogP contribution in [0.1, 0.15) is 73.1 Å². The highest BCUT2D eigenvalue weighted by Gasteiger charge is 2.54. The first-order valence-corrected chi connectivity index (χ1v) is 11.4. The Hall–Kier alpha value is -0.500. The first-order chi connectivity index (χ1) is 13.9. The lowest BCUT2D eigenvalue weighted by atomic mass is 9.47. The van der Waals surface area contributed by atoms with Gasteiger partial charge >= 0.3 is 0 Å². The molecule has 0 heterocycles. The number of ether oxygens (including phenoxy) is 3. The van der Waals surface area contributed by atoms with Crippen LogP contribution in [0.5, 0.6) is 0 Å². The van der Waals surface area contributed by atoms with E-state index in [2.05, 4.69) is 33.8 Å². The van der Waals surface area contributed by atoms with Gasteiger partial charge in [0.15, 0.2) is 6.29 Å². The van der Waals surface area contributed by atoms with Crippen LogP contribution in [0.4, 0.5) is 0 Å². The molecule has 6 nitrogen and oxygen atoms in total. The summed E-state index contributed by atoms with van der Waals surface area (Å²) in [5.41, 5.74) is 0.231. The number of allylic oxidation sites excluding steroid dienone is 1. The van der Waals surface area contributed by atoms with Crippen LogP contribution < -0.4 is 0 Å². The number of aliphatic hydroxyl groups excluding tert-OH is 2. The summed E-state index contributed by atoms with van der Waals surface area (Å²) in [5.74, 6) is 0.531. The van der Waals surface area contributed by atoms with Gasteiger partial charge < -0.3 is 29.5 Å². The molecule has 6 heteroatoms. The first-order valence-electron chi connectivity index (χ1n) is 11.4. The summed E-state index contributed by atoms with van der Waals surface area (Å²) in [6.07, 6.45) is 5.20. The third kappa shape index (κ3) is 6.27. The lowest BCUT2D eigenvalue weighted by Gasteiger charge is -2.58. The average Bonchev–Trinajstić information content (AvgIpc) is 2.59. The van der Waals surface area contributed by atoms with Crippen molar-refractivity contribution in [2.75, 3.05) is 27.1 Å². The predicted octanol–water partition coefficient (Wildman–Crippen LogP) is 3.63. The molecule has 0 saturated heterocycles. The Morgan fingerprint density at radius 3 is 2.53 bits per heavy atom. The molecule has 2 aliphatic carbocycles. The fourth-order valence-corrected chi connectivity index (χ4v) is 6.23. The lowest BCUT2D eigenvalue weighted by molar-refractivity contribution is -0.196. The van der Waals surface area contributed by atoms with Gasteiger partial charge in [-0.1, -0.05) is 38.8 Å². The van der Waals surface area contributed by atoms with E-state index < -0.39 is 18.0 Å². The van der Waals surface area contributed by atoms with Crippen molar-refractivity contribution in [3.63, 3.8) is 0 Å². The zero-order valence-electron chi connectivity index (χ0n) is 19.8. The first kappa shape index (κ1) is 25.8. The number of hydrogen-bond donors (Lipinski definition) is 3. The van der Waals surface area contributed by atoms with Crippen molar-refractivity contribution in [2.45, 2.75) is 91.1 Å². The van der Waals surface area contributed by atoms with Crippen LogP contribution in [0.3, 0.4) is 0 Å². The van der Waals surface area contributed by atoms with Gasteiger partial charge in [0.1, 0.15) is 6.79 Å². The third-order valence-corrected chi connectivity index (χ3v) is 7.58. The molecule has 0 aliphatic heterocycles. The van der Waals surface area contributed by atoms with Gasteiger partial charge in [-0.2, -0.15) is 0 Å². The SMILES string of the molecule is COCCOCOC(O)C[C@@](C)(O)C[C@@H](O)[C@H]1C(C)=CC[C@@H]2C(C)(C)CCC[C@@]12C. The second-order valence-electron chi connectivity index (χ2n) is 10.7. The van der Waals surface area contributed by atoms with Gasteiger partial charge in [-0.3, -0.25) is 0 Å². The van der Waals surface area contributed by atoms with Crippen LogP contribution >= 0.6 is 0 Å². The normalized spacial score (nSPS) is 32.6. The molecule has 1 saturated carbocycles. The van der Waals surface area contributed by atoms with E-state index in [0.717, 1.165) is 12.8 Å². The van der Waals surface area contributed by atoms with Crippen molar-refractivity contribution in [1.29, 1.82) is 0 Å². The summed E-state index contributed by atoms with van der Waals surface area (Å²) in [5, 5.41) is 32.3. The minimum absolute atomic E-state index is 0.0118. The van der Waals surface area contributed by atoms with Gasteiger partial charge in [-0.25, -0.2) is 0 Å². The molecule has 0 radical (unpaired) electrons. The molecule has 2 aliphatic rings. The van der Waals surface area contributed by atoms with E-state index in [0.29, 0.717) is 19.1 Å². The topological polar surface area (TPSA) is 88.4 Å². The number of hydrogen-bond acceptors (Lipinski definition) is 6. The fourth-order valence-electron chi connectivity index (χ4n) is 6.23. The maximum atomic E-state index is 11.3. The highest BCUT2D eigenvalue weighted by Crippen LogP contribution is 2.60. The predicted molar refractivity (Wildman–Crippen MR) is 117 cm³/mol. The molecule has 2 rings (SSSR count). The maximum absolute atomic E-state index is 11.3. The molecular formula is C24H44O6. The Morgan fingerprint density at radius 2 is 1.87 bits per heavy atom. The lowest BCUT2D eigenvalue weighted by Crippen LogP contribution is -2.52. The van der Waals surface area contributed by atoms with E-state index in [1.807, 2.05) is 0 Å². The third-order valence-electron chi connectivity index (χ3n) is 7.58. The molecule has 0 spiro atoms. The number of rotatable bonds is 11. The summed E-state index contributed by atoms with van der Waals surface area (Å²) in [6, 6.07) is 0. The van der Waals surface area contributed by atoms with E-state index in [4.69, 9.17) is 14.2 Å². The quantitative estimate of drug-likeness (QED) is 0.265. The molecule has 0 aromatic heterocycles. The molecule has 3 N–H and O–H groups in total. The largest absolute Gasteiger partial charge is 0.392 e. The average molecular weight is 429 g/mol. The van der Waals surface area contributed by atoms with E-state index >= 15 is 0 Å². The van der Waals surface area contributed by atoms with Crippen molar-refractivity contribution in [1.82, 2.24) is 0 Å². The highest BCUT2D eigenvalue weighted by molar-refractivity contribution is 5.20. The van der Waals surface area contributed by atoms with Crippen molar-refractivity contribution in [3.05, 3.63) is 11.6 Å². The highest BCUT2D eigenvalue weighted by atomic mass is 16.7. The summed E-state index contributed by atoms with van der Waals surface area (Å²) >= 11 is 0. The molecule has 0 amide bonds. The molecule has 0 aromatic rings. The molecule has 176 valence electrons. The van der Waals surface area contributed by atoms with Gasteiger partial charge in [0.05, 0.1) is 24.9 Å². The van der Waals surface area contributed by atoms with Gasteiger partial charge in [-0.15, -0.1) is 0 Å². The smallest absolute Gasteiger partial charge is 0.160 e. The van der Waals surface area contributed by atoms with Gasteiger partial charge in [0.25, 0.3) is 0 Å².